The fourth-order valence-corrected chi connectivity index (χ4v) is 2.25. The quantitative estimate of drug-likeness (QED) is 0.846. The van der Waals surface area contributed by atoms with Crippen LogP contribution >= 0.6 is 0 Å². The summed E-state index contributed by atoms with van der Waals surface area (Å²) in [6.07, 6.45) is 8.15. The van der Waals surface area contributed by atoms with E-state index in [0.29, 0.717) is 0 Å². The molecule has 0 saturated heterocycles. The average Bonchev–Trinajstić information content (AvgIpc) is 2.70. The third-order valence-corrected chi connectivity index (χ3v) is 3.69. The molecule has 0 aromatic carbocycles. The monoisotopic (exact) mass is 221 g/mol. The molecule has 0 saturated carbocycles. The van der Waals surface area contributed by atoms with Crippen LogP contribution in [0.2, 0.25) is 0 Å². The van der Waals surface area contributed by atoms with Gasteiger partial charge in [-0.15, -0.1) is 0 Å². The SMILES string of the molecule is CC(C)(CN)CCn1cnc2c1CCCC2. The van der Waals surface area contributed by atoms with Crippen molar-refractivity contribution in [3.63, 3.8) is 0 Å². The summed E-state index contributed by atoms with van der Waals surface area (Å²) in [5.41, 5.74) is 8.80. The number of fused-ring (bicyclic) bond motifs is 1. The van der Waals surface area contributed by atoms with Crippen molar-refractivity contribution in [2.75, 3.05) is 6.54 Å². The van der Waals surface area contributed by atoms with Crippen molar-refractivity contribution in [1.82, 2.24) is 9.55 Å². The Hall–Kier alpha value is -0.830. The Morgan fingerprint density at radius 1 is 1.38 bits per heavy atom. The second kappa shape index (κ2) is 4.58. The van der Waals surface area contributed by atoms with Gasteiger partial charge in [-0.25, -0.2) is 4.98 Å². The summed E-state index contributed by atoms with van der Waals surface area (Å²) < 4.78 is 2.34. The Balaban J connectivity index is 2.02. The van der Waals surface area contributed by atoms with Crippen molar-refractivity contribution < 1.29 is 0 Å². The van der Waals surface area contributed by atoms with Crippen LogP contribution in [-0.2, 0) is 19.4 Å². The van der Waals surface area contributed by atoms with E-state index < -0.39 is 0 Å². The molecule has 2 rings (SSSR count). The first kappa shape index (κ1) is 11.6. The van der Waals surface area contributed by atoms with Crippen LogP contribution in [0.25, 0.3) is 0 Å². The average molecular weight is 221 g/mol. The number of nitrogens with zero attached hydrogens (tertiary/aromatic N) is 2. The Morgan fingerprint density at radius 2 is 2.12 bits per heavy atom. The van der Waals surface area contributed by atoms with Gasteiger partial charge in [-0.3, -0.25) is 0 Å². The minimum absolute atomic E-state index is 0.242. The van der Waals surface area contributed by atoms with Crippen LogP contribution in [0, 0.1) is 5.41 Å². The first-order valence-electron chi connectivity index (χ1n) is 6.35. The number of aryl methyl sites for hydroxylation is 2. The van der Waals surface area contributed by atoms with Crippen molar-refractivity contribution in [3.8, 4) is 0 Å². The molecule has 0 amide bonds. The summed E-state index contributed by atoms with van der Waals surface area (Å²) in [7, 11) is 0. The predicted molar refractivity (Wildman–Crippen MR) is 66.3 cm³/mol. The van der Waals surface area contributed by atoms with Gasteiger partial charge in [-0.05, 0) is 44.1 Å². The fourth-order valence-electron chi connectivity index (χ4n) is 2.25. The molecule has 1 aromatic rings. The zero-order valence-electron chi connectivity index (χ0n) is 10.5. The third kappa shape index (κ3) is 2.46. The summed E-state index contributed by atoms with van der Waals surface area (Å²) in [6.45, 7) is 6.28. The lowest BCUT2D eigenvalue weighted by Crippen LogP contribution is -2.25. The van der Waals surface area contributed by atoms with Gasteiger partial charge in [0, 0.05) is 12.2 Å². The molecular formula is C13H23N3. The summed E-state index contributed by atoms with van der Waals surface area (Å²) in [5.74, 6) is 0. The number of rotatable bonds is 4. The van der Waals surface area contributed by atoms with E-state index in [-0.39, 0.29) is 5.41 Å². The molecule has 1 heterocycles. The number of nitrogens with two attached hydrogens (primary N) is 1. The second-order valence-electron chi connectivity index (χ2n) is 5.66. The van der Waals surface area contributed by atoms with Gasteiger partial charge in [-0.1, -0.05) is 13.8 Å². The third-order valence-electron chi connectivity index (χ3n) is 3.69. The number of aromatic nitrogens is 2. The van der Waals surface area contributed by atoms with Crippen LogP contribution < -0.4 is 5.73 Å². The van der Waals surface area contributed by atoms with Crippen molar-refractivity contribution in [3.05, 3.63) is 17.7 Å². The smallest absolute Gasteiger partial charge is 0.0951 e. The van der Waals surface area contributed by atoms with E-state index in [2.05, 4.69) is 23.4 Å². The topological polar surface area (TPSA) is 43.8 Å². The van der Waals surface area contributed by atoms with E-state index in [1.165, 1.54) is 37.1 Å². The zero-order chi connectivity index (χ0) is 11.6. The van der Waals surface area contributed by atoms with E-state index in [0.717, 1.165) is 19.5 Å². The minimum Gasteiger partial charge on any atom is -0.334 e. The molecule has 0 spiro atoms. The Morgan fingerprint density at radius 3 is 2.88 bits per heavy atom. The van der Waals surface area contributed by atoms with Gasteiger partial charge < -0.3 is 10.3 Å². The molecule has 0 atom stereocenters. The van der Waals surface area contributed by atoms with Crippen LogP contribution in [0.4, 0.5) is 0 Å². The minimum atomic E-state index is 0.242. The first-order valence-corrected chi connectivity index (χ1v) is 6.35. The fraction of sp³-hybridized carbons (Fsp3) is 0.769. The molecule has 0 unspecified atom stereocenters. The number of imidazole rings is 1. The summed E-state index contributed by atoms with van der Waals surface area (Å²) in [4.78, 5) is 4.51. The van der Waals surface area contributed by atoms with Crippen LogP contribution in [0.3, 0.4) is 0 Å². The highest BCUT2D eigenvalue weighted by Gasteiger charge is 2.18. The molecule has 1 aliphatic rings. The maximum atomic E-state index is 5.76. The number of hydrogen-bond acceptors (Lipinski definition) is 2. The van der Waals surface area contributed by atoms with Crippen molar-refractivity contribution >= 4 is 0 Å². The molecule has 1 aromatic heterocycles. The zero-order valence-corrected chi connectivity index (χ0v) is 10.5. The van der Waals surface area contributed by atoms with Gasteiger partial charge in [0.1, 0.15) is 0 Å². The predicted octanol–water partition coefficient (Wildman–Crippen LogP) is 2.14. The van der Waals surface area contributed by atoms with Crippen molar-refractivity contribution in [2.24, 2.45) is 11.1 Å². The lowest BCUT2D eigenvalue weighted by atomic mass is 9.89. The molecule has 3 nitrogen and oxygen atoms in total. The normalized spacial score (nSPS) is 16.2. The highest BCUT2D eigenvalue weighted by molar-refractivity contribution is 5.16. The Labute approximate surface area is 98.1 Å². The molecular weight excluding hydrogens is 198 g/mol. The summed E-state index contributed by atoms with van der Waals surface area (Å²) in [5, 5.41) is 0. The van der Waals surface area contributed by atoms with E-state index in [1.807, 2.05) is 6.33 Å². The highest BCUT2D eigenvalue weighted by Crippen LogP contribution is 2.23. The Bertz CT molecular complexity index is 352. The summed E-state index contributed by atoms with van der Waals surface area (Å²) >= 11 is 0. The van der Waals surface area contributed by atoms with Gasteiger partial charge in [0.2, 0.25) is 0 Å². The van der Waals surface area contributed by atoms with Crippen LogP contribution in [0.5, 0.6) is 0 Å². The van der Waals surface area contributed by atoms with Crippen LogP contribution in [0.1, 0.15) is 44.5 Å². The Kier molecular flexibility index (Phi) is 3.33. The first-order chi connectivity index (χ1) is 7.62. The van der Waals surface area contributed by atoms with E-state index in [9.17, 15) is 0 Å². The maximum Gasteiger partial charge on any atom is 0.0951 e. The van der Waals surface area contributed by atoms with Gasteiger partial charge in [-0.2, -0.15) is 0 Å². The van der Waals surface area contributed by atoms with Crippen LogP contribution in [0.15, 0.2) is 6.33 Å². The van der Waals surface area contributed by atoms with Crippen LogP contribution in [-0.4, -0.2) is 16.1 Å². The van der Waals surface area contributed by atoms with Gasteiger partial charge in [0.05, 0.1) is 12.0 Å². The summed E-state index contributed by atoms with van der Waals surface area (Å²) in [6, 6.07) is 0. The maximum absolute atomic E-state index is 5.76. The standard InChI is InChI=1S/C13H23N3/c1-13(2,9-14)7-8-16-10-15-11-5-3-4-6-12(11)16/h10H,3-9,14H2,1-2H3. The molecule has 90 valence electrons. The lowest BCUT2D eigenvalue weighted by Gasteiger charge is -2.23. The van der Waals surface area contributed by atoms with E-state index in [1.54, 1.807) is 0 Å². The molecule has 0 radical (unpaired) electrons. The van der Waals surface area contributed by atoms with Gasteiger partial charge >= 0.3 is 0 Å². The highest BCUT2D eigenvalue weighted by atomic mass is 15.1. The van der Waals surface area contributed by atoms with Gasteiger partial charge in [0.25, 0.3) is 0 Å². The molecule has 0 bridgehead atoms. The van der Waals surface area contributed by atoms with Gasteiger partial charge in [0.15, 0.2) is 0 Å². The lowest BCUT2D eigenvalue weighted by molar-refractivity contribution is 0.322. The van der Waals surface area contributed by atoms with E-state index >= 15 is 0 Å². The molecule has 1 aliphatic carbocycles. The number of hydrogen-bond donors (Lipinski definition) is 1. The van der Waals surface area contributed by atoms with Crippen molar-refractivity contribution in [2.45, 2.75) is 52.5 Å². The second-order valence-corrected chi connectivity index (χ2v) is 5.66. The molecule has 16 heavy (non-hydrogen) atoms. The molecule has 3 heteroatoms. The molecule has 0 aliphatic heterocycles. The molecule has 2 N–H and O–H groups in total. The van der Waals surface area contributed by atoms with E-state index in [4.69, 9.17) is 5.73 Å². The molecule has 0 fully saturated rings. The largest absolute Gasteiger partial charge is 0.334 e. The van der Waals surface area contributed by atoms with Crippen molar-refractivity contribution in [1.29, 1.82) is 0 Å².